The summed E-state index contributed by atoms with van der Waals surface area (Å²) in [5.41, 5.74) is 3.18. The molecular weight excluding hydrogens is 414 g/mol. The number of ether oxygens (including phenoxy) is 2. The third-order valence-electron chi connectivity index (χ3n) is 4.07. The number of thioether (sulfide) groups is 1. The van der Waals surface area contributed by atoms with Crippen molar-refractivity contribution in [3.63, 3.8) is 0 Å². The van der Waals surface area contributed by atoms with E-state index in [1.807, 2.05) is 26.0 Å². The molecule has 1 amide bonds. The molecule has 152 valence electrons. The van der Waals surface area contributed by atoms with Crippen molar-refractivity contribution >= 4 is 35.0 Å². The number of rotatable bonds is 7. The van der Waals surface area contributed by atoms with Gasteiger partial charge >= 0.3 is 0 Å². The number of carbonyl (C=O) groups excluding carboxylic acids is 1. The number of hydrogen-bond donors (Lipinski definition) is 1. The van der Waals surface area contributed by atoms with Gasteiger partial charge in [0.2, 0.25) is 5.91 Å². The topological polar surface area (TPSA) is 86.5 Å². The van der Waals surface area contributed by atoms with Gasteiger partial charge in [-0.05, 0) is 43.2 Å². The van der Waals surface area contributed by atoms with Crippen LogP contribution in [-0.2, 0) is 4.79 Å². The zero-order valence-electron chi connectivity index (χ0n) is 16.4. The van der Waals surface area contributed by atoms with Gasteiger partial charge in [-0.25, -0.2) is 0 Å². The lowest BCUT2D eigenvalue weighted by atomic mass is 10.1. The van der Waals surface area contributed by atoms with E-state index in [1.54, 1.807) is 32.4 Å². The van der Waals surface area contributed by atoms with Crippen LogP contribution in [0, 0.1) is 13.8 Å². The summed E-state index contributed by atoms with van der Waals surface area (Å²) in [7, 11) is 3.12. The summed E-state index contributed by atoms with van der Waals surface area (Å²) in [5.74, 6) is 1.38. The van der Waals surface area contributed by atoms with E-state index in [9.17, 15) is 4.79 Å². The van der Waals surface area contributed by atoms with E-state index in [0.29, 0.717) is 33.7 Å². The summed E-state index contributed by atoms with van der Waals surface area (Å²) in [6.45, 7) is 3.85. The number of anilines is 1. The fraction of sp³-hybridized carbons (Fsp3) is 0.250. The second-order valence-corrected chi connectivity index (χ2v) is 7.55. The fourth-order valence-electron chi connectivity index (χ4n) is 2.73. The molecule has 0 saturated heterocycles. The maximum Gasteiger partial charge on any atom is 0.277 e. The minimum absolute atomic E-state index is 0.102. The van der Waals surface area contributed by atoms with Crippen molar-refractivity contribution in [3.05, 3.63) is 46.5 Å². The molecule has 0 unspecified atom stereocenters. The van der Waals surface area contributed by atoms with Gasteiger partial charge in [0.1, 0.15) is 11.5 Å². The van der Waals surface area contributed by atoms with E-state index >= 15 is 0 Å². The Kier molecular flexibility index (Phi) is 6.66. The van der Waals surface area contributed by atoms with Crippen LogP contribution in [0.25, 0.3) is 11.5 Å². The first-order valence-corrected chi connectivity index (χ1v) is 10.0. The molecule has 3 aromatic rings. The minimum atomic E-state index is -0.217. The number of nitrogens with one attached hydrogen (secondary N) is 1. The average Bonchev–Trinajstić information content (AvgIpc) is 3.17. The molecule has 0 fully saturated rings. The van der Waals surface area contributed by atoms with Crippen LogP contribution < -0.4 is 14.8 Å². The molecule has 0 bridgehead atoms. The van der Waals surface area contributed by atoms with Gasteiger partial charge < -0.3 is 19.2 Å². The van der Waals surface area contributed by atoms with Crippen LogP contribution in [0.15, 0.2) is 40.0 Å². The van der Waals surface area contributed by atoms with Crippen molar-refractivity contribution in [1.29, 1.82) is 0 Å². The van der Waals surface area contributed by atoms with Gasteiger partial charge in [-0.15, -0.1) is 10.2 Å². The van der Waals surface area contributed by atoms with Crippen molar-refractivity contribution in [2.75, 3.05) is 25.3 Å². The van der Waals surface area contributed by atoms with Crippen LogP contribution in [0.1, 0.15) is 11.1 Å². The van der Waals surface area contributed by atoms with Gasteiger partial charge in [-0.1, -0.05) is 29.4 Å². The summed E-state index contributed by atoms with van der Waals surface area (Å²) in [6.07, 6.45) is 0. The first kappa shape index (κ1) is 21.0. The molecule has 29 heavy (non-hydrogen) atoms. The van der Waals surface area contributed by atoms with E-state index in [-0.39, 0.29) is 16.9 Å². The lowest BCUT2D eigenvalue weighted by molar-refractivity contribution is -0.113. The maximum absolute atomic E-state index is 12.3. The van der Waals surface area contributed by atoms with Gasteiger partial charge in [0, 0.05) is 6.07 Å². The SMILES string of the molecule is COc1ccc(-c2nnc(SCC(=O)Nc3c(C)cc(C)cc3Cl)o2)c(OC)c1. The number of aromatic nitrogens is 2. The number of nitrogens with zero attached hydrogens (tertiary/aromatic N) is 2. The van der Waals surface area contributed by atoms with Gasteiger partial charge in [-0.2, -0.15) is 0 Å². The number of hydrogen-bond acceptors (Lipinski definition) is 7. The normalized spacial score (nSPS) is 10.7. The summed E-state index contributed by atoms with van der Waals surface area (Å²) >= 11 is 7.37. The highest BCUT2D eigenvalue weighted by Crippen LogP contribution is 2.34. The Morgan fingerprint density at radius 2 is 1.97 bits per heavy atom. The van der Waals surface area contributed by atoms with Gasteiger partial charge in [0.25, 0.3) is 11.1 Å². The molecule has 7 nitrogen and oxygen atoms in total. The van der Waals surface area contributed by atoms with Gasteiger partial charge in [0.15, 0.2) is 0 Å². The highest BCUT2D eigenvalue weighted by Gasteiger charge is 2.16. The van der Waals surface area contributed by atoms with Crippen molar-refractivity contribution in [2.24, 2.45) is 0 Å². The quantitative estimate of drug-likeness (QED) is 0.537. The lowest BCUT2D eigenvalue weighted by Gasteiger charge is -2.11. The highest BCUT2D eigenvalue weighted by molar-refractivity contribution is 7.99. The molecule has 1 heterocycles. The van der Waals surface area contributed by atoms with Crippen molar-refractivity contribution in [3.8, 4) is 23.0 Å². The zero-order chi connectivity index (χ0) is 21.0. The van der Waals surface area contributed by atoms with Gasteiger partial charge in [-0.3, -0.25) is 4.79 Å². The molecule has 0 radical (unpaired) electrons. The molecule has 0 spiro atoms. The molecule has 9 heteroatoms. The van der Waals surface area contributed by atoms with Crippen molar-refractivity contribution in [2.45, 2.75) is 19.1 Å². The Morgan fingerprint density at radius 3 is 2.66 bits per heavy atom. The Bertz CT molecular complexity index is 1020. The van der Waals surface area contributed by atoms with Gasteiger partial charge in [0.05, 0.1) is 36.2 Å². The third-order valence-corrected chi connectivity index (χ3v) is 5.19. The van der Waals surface area contributed by atoms with E-state index in [0.717, 1.165) is 22.9 Å². The molecule has 3 rings (SSSR count). The van der Waals surface area contributed by atoms with Crippen LogP contribution in [0.5, 0.6) is 11.5 Å². The Hall–Kier alpha value is -2.71. The zero-order valence-corrected chi connectivity index (χ0v) is 18.0. The fourth-order valence-corrected chi connectivity index (χ4v) is 3.66. The van der Waals surface area contributed by atoms with Crippen molar-refractivity contribution < 1.29 is 18.7 Å². The van der Waals surface area contributed by atoms with Crippen LogP contribution in [0.3, 0.4) is 0 Å². The van der Waals surface area contributed by atoms with E-state index in [2.05, 4.69) is 15.5 Å². The molecule has 0 saturated carbocycles. The first-order chi connectivity index (χ1) is 13.9. The highest BCUT2D eigenvalue weighted by atomic mass is 35.5. The van der Waals surface area contributed by atoms with Crippen LogP contribution >= 0.6 is 23.4 Å². The Balaban J connectivity index is 1.66. The largest absolute Gasteiger partial charge is 0.497 e. The number of methoxy groups -OCH3 is 2. The second kappa shape index (κ2) is 9.19. The second-order valence-electron chi connectivity index (χ2n) is 6.21. The summed E-state index contributed by atoms with van der Waals surface area (Å²) in [6, 6.07) is 9.04. The number of halogens is 1. The molecule has 0 atom stereocenters. The smallest absolute Gasteiger partial charge is 0.277 e. The number of carbonyl (C=O) groups is 1. The molecular formula is C20H20ClN3O4S. The Morgan fingerprint density at radius 1 is 1.17 bits per heavy atom. The standard InChI is InChI=1S/C20H20ClN3O4S/c1-11-7-12(2)18(15(21)8-11)22-17(25)10-29-20-24-23-19(28-20)14-6-5-13(26-3)9-16(14)27-4/h5-9H,10H2,1-4H3,(H,22,25). The Labute approximate surface area is 177 Å². The average molecular weight is 434 g/mol. The molecule has 1 aromatic heterocycles. The molecule has 0 aliphatic heterocycles. The number of amides is 1. The summed E-state index contributed by atoms with van der Waals surface area (Å²) in [5, 5.41) is 11.6. The molecule has 2 aromatic carbocycles. The molecule has 0 aliphatic rings. The van der Waals surface area contributed by atoms with Crippen molar-refractivity contribution in [1.82, 2.24) is 10.2 Å². The third kappa shape index (κ3) is 5.02. The molecule has 0 aliphatic carbocycles. The monoisotopic (exact) mass is 433 g/mol. The number of aryl methyl sites for hydroxylation is 2. The minimum Gasteiger partial charge on any atom is -0.497 e. The maximum atomic E-state index is 12.3. The predicted molar refractivity (Wildman–Crippen MR) is 113 cm³/mol. The van der Waals surface area contributed by atoms with E-state index in [1.165, 1.54) is 0 Å². The van der Waals surface area contributed by atoms with E-state index < -0.39 is 0 Å². The van der Waals surface area contributed by atoms with Crippen LogP contribution in [0.2, 0.25) is 5.02 Å². The lowest BCUT2D eigenvalue weighted by Crippen LogP contribution is -2.15. The summed E-state index contributed by atoms with van der Waals surface area (Å²) in [4.78, 5) is 12.3. The van der Waals surface area contributed by atoms with Crippen LogP contribution in [-0.4, -0.2) is 36.1 Å². The van der Waals surface area contributed by atoms with Crippen LogP contribution in [0.4, 0.5) is 5.69 Å². The number of benzene rings is 2. The molecule has 1 N–H and O–H groups in total. The summed E-state index contributed by atoms with van der Waals surface area (Å²) < 4.78 is 16.2. The first-order valence-electron chi connectivity index (χ1n) is 8.66. The predicted octanol–water partition coefficient (Wildman–Crippen LogP) is 4.75. The van der Waals surface area contributed by atoms with E-state index in [4.69, 9.17) is 25.5 Å².